The summed E-state index contributed by atoms with van der Waals surface area (Å²) in [6.07, 6.45) is 14.5. The fourth-order valence-electron chi connectivity index (χ4n) is 5.45. The van der Waals surface area contributed by atoms with Gasteiger partial charge >= 0.3 is 0 Å². The molecule has 2 aliphatic carbocycles. The van der Waals surface area contributed by atoms with Crippen LogP contribution < -0.4 is 16.4 Å². The molecule has 0 unspecified atom stereocenters. The molecule has 0 atom stereocenters. The van der Waals surface area contributed by atoms with Crippen LogP contribution in [-0.4, -0.2) is 46.7 Å². The van der Waals surface area contributed by atoms with Gasteiger partial charge in [-0.15, -0.1) is 0 Å². The Morgan fingerprint density at radius 2 is 1.29 bits per heavy atom. The van der Waals surface area contributed by atoms with E-state index in [0.29, 0.717) is 12.3 Å². The summed E-state index contributed by atoms with van der Waals surface area (Å²) < 4.78 is 2.40. The molecule has 0 aliphatic heterocycles. The molecular weight excluding hydrogens is 580 g/mol. The van der Waals surface area contributed by atoms with Crippen LogP contribution in [0.4, 0.5) is 0 Å². The van der Waals surface area contributed by atoms with Gasteiger partial charge in [0.25, 0.3) is 17.0 Å². The van der Waals surface area contributed by atoms with Gasteiger partial charge in [0.2, 0.25) is 0 Å². The number of fused-ring (bicyclic) bond motifs is 2. The van der Waals surface area contributed by atoms with Gasteiger partial charge in [0.15, 0.2) is 28.6 Å². The molecule has 0 aromatic carbocycles. The molecule has 4 heterocycles. The van der Waals surface area contributed by atoms with Crippen molar-refractivity contribution in [1.29, 1.82) is 0 Å². The monoisotopic (exact) mass is 609 g/mol. The molecule has 4 aromatic heterocycles. The number of pyridine rings is 2. The van der Waals surface area contributed by atoms with Crippen LogP contribution in [0.25, 0.3) is 11.3 Å². The van der Waals surface area contributed by atoms with Crippen LogP contribution in [0, 0.1) is 5.92 Å². The minimum absolute atomic E-state index is 0. The molecule has 11 nitrogen and oxygen atoms in total. The standard InChI is InChI=1S/C15H16N2O3.C14H15N3O3.Zn/c18-12-6-3-7-17-14(12)16-9-11(15(17)20)13(19)8-10-4-1-2-5-10;18-11-6-3-7-17-12(11)15-8-10(14(17)20)13(19)16-9-4-1-2-5-9;/h3,6-7,9-10,18H,1-2,4-5,8H2;3,6-9,18H,1-2,4-5H2,(H,16,19);. The first kappa shape index (κ1) is 30.1. The molecular formula is C29H31N5O6Zn. The first-order chi connectivity index (χ1) is 19.3. The van der Waals surface area contributed by atoms with Gasteiger partial charge in [-0.1, -0.05) is 38.5 Å². The maximum atomic E-state index is 12.3. The van der Waals surface area contributed by atoms with Crippen LogP contribution in [-0.2, 0) is 19.5 Å². The van der Waals surface area contributed by atoms with Crippen LogP contribution in [0.5, 0.6) is 11.5 Å². The number of ketones is 1. The fourth-order valence-corrected chi connectivity index (χ4v) is 5.45. The predicted octanol–water partition coefficient (Wildman–Crippen LogP) is 3.23. The molecule has 0 spiro atoms. The Morgan fingerprint density at radius 1 is 0.805 bits per heavy atom. The Balaban J connectivity index is 0.000000184. The summed E-state index contributed by atoms with van der Waals surface area (Å²) in [4.78, 5) is 56.9. The van der Waals surface area contributed by atoms with Crippen molar-refractivity contribution in [1.82, 2.24) is 24.1 Å². The van der Waals surface area contributed by atoms with E-state index < -0.39 is 17.0 Å². The summed E-state index contributed by atoms with van der Waals surface area (Å²) >= 11 is 0. The van der Waals surface area contributed by atoms with Crippen LogP contribution in [0.15, 0.2) is 58.6 Å². The fraction of sp³-hybridized carbons (Fsp3) is 0.379. The first-order valence-corrected chi connectivity index (χ1v) is 13.6. The minimum atomic E-state index is -0.471. The van der Waals surface area contributed by atoms with Crippen molar-refractivity contribution in [3.8, 4) is 11.5 Å². The van der Waals surface area contributed by atoms with E-state index in [9.17, 15) is 29.4 Å². The maximum absolute atomic E-state index is 12.3. The molecule has 2 fully saturated rings. The van der Waals surface area contributed by atoms with E-state index in [2.05, 4.69) is 15.3 Å². The van der Waals surface area contributed by atoms with Crippen molar-refractivity contribution < 1.29 is 39.3 Å². The second-order valence-corrected chi connectivity index (χ2v) is 10.4. The number of amides is 1. The number of Topliss-reactive ketones (excluding diaryl/α,β-unsaturated/α-hetero) is 1. The minimum Gasteiger partial charge on any atom is -0.504 e. The summed E-state index contributed by atoms with van der Waals surface area (Å²) in [6, 6.07) is 6.13. The van der Waals surface area contributed by atoms with Crippen LogP contribution >= 0.6 is 0 Å². The molecule has 1 amide bonds. The second-order valence-electron chi connectivity index (χ2n) is 10.4. The number of carbonyl (C=O) groups excluding carboxylic acids is 2. The van der Waals surface area contributed by atoms with Gasteiger partial charge in [-0.3, -0.25) is 28.0 Å². The van der Waals surface area contributed by atoms with Gasteiger partial charge in [0.05, 0.1) is 0 Å². The summed E-state index contributed by atoms with van der Waals surface area (Å²) in [6.45, 7) is 0. The zero-order valence-corrected chi connectivity index (χ0v) is 25.6. The van der Waals surface area contributed by atoms with Crippen LogP contribution in [0.1, 0.15) is 78.5 Å². The number of aromatic nitrogens is 4. The third-order valence-corrected chi connectivity index (χ3v) is 7.61. The summed E-state index contributed by atoms with van der Waals surface area (Å²) in [7, 11) is 0. The first-order valence-electron chi connectivity index (χ1n) is 13.6. The normalized spacial score (nSPS) is 15.3. The topological polar surface area (TPSA) is 155 Å². The number of rotatable bonds is 5. The Hall–Kier alpha value is -3.92. The smallest absolute Gasteiger partial charge is 0.270 e. The van der Waals surface area contributed by atoms with E-state index in [0.717, 1.165) is 38.5 Å². The average molecular weight is 611 g/mol. The number of aromatic hydroxyl groups is 2. The Labute approximate surface area is 248 Å². The Kier molecular flexibility index (Phi) is 9.65. The van der Waals surface area contributed by atoms with Crippen molar-refractivity contribution in [2.24, 2.45) is 5.92 Å². The zero-order valence-electron chi connectivity index (χ0n) is 22.7. The maximum Gasteiger partial charge on any atom is 0.270 e. The quantitative estimate of drug-likeness (QED) is 0.230. The second kappa shape index (κ2) is 13.2. The van der Waals surface area contributed by atoms with Crippen molar-refractivity contribution >= 4 is 23.0 Å². The van der Waals surface area contributed by atoms with E-state index in [1.165, 1.54) is 64.6 Å². The third-order valence-electron chi connectivity index (χ3n) is 7.61. The van der Waals surface area contributed by atoms with Crippen molar-refractivity contribution in [2.75, 3.05) is 0 Å². The molecule has 0 radical (unpaired) electrons. The summed E-state index contributed by atoms with van der Waals surface area (Å²) in [5, 5.41) is 22.1. The molecule has 41 heavy (non-hydrogen) atoms. The zero-order chi connectivity index (χ0) is 28.2. The van der Waals surface area contributed by atoms with E-state index in [1.54, 1.807) is 6.07 Å². The predicted molar refractivity (Wildman–Crippen MR) is 147 cm³/mol. The van der Waals surface area contributed by atoms with Crippen molar-refractivity contribution in [3.05, 3.63) is 80.9 Å². The number of nitrogens with one attached hydrogen (secondary N) is 1. The summed E-state index contributed by atoms with van der Waals surface area (Å²) in [5.74, 6) is -0.308. The van der Waals surface area contributed by atoms with Gasteiger partial charge in [-0.2, -0.15) is 0 Å². The molecule has 12 heteroatoms. The molecule has 2 aliphatic rings. The molecule has 0 saturated heterocycles. The van der Waals surface area contributed by atoms with E-state index in [-0.39, 0.29) is 65.2 Å². The largest absolute Gasteiger partial charge is 0.504 e. The number of hydrogen-bond donors (Lipinski definition) is 3. The molecule has 2 saturated carbocycles. The number of nitrogens with zero attached hydrogens (tertiary/aromatic N) is 4. The van der Waals surface area contributed by atoms with Gasteiger partial charge in [0, 0.05) is 56.7 Å². The summed E-state index contributed by atoms with van der Waals surface area (Å²) in [5.41, 5.74) is -0.444. The number of hydrogen-bond acceptors (Lipinski definition) is 8. The van der Waals surface area contributed by atoms with Gasteiger partial charge < -0.3 is 15.5 Å². The average Bonchev–Trinajstić information content (AvgIpc) is 3.65. The molecule has 0 bridgehead atoms. The van der Waals surface area contributed by atoms with Crippen LogP contribution in [0.3, 0.4) is 0 Å². The Morgan fingerprint density at radius 3 is 1.85 bits per heavy atom. The van der Waals surface area contributed by atoms with Gasteiger partial charge in [-0.25, -0.2) is 9.97 Å². The molecule has 210 valence electrons. The van der Waals surface area contributed by atoms with E-state index in [4.69, 9.17) is 0 Å². The van der Waals surface area contributed by atoms with Gasteiger partial charge in [0.1, 0.15) is 11.1 Å². The Bertz CT molecular complexity index is 1560. The number of carbonyl (C=O) groups is 2. The van der Waals surface area contributed by atoms with Crippen molar-refractivity contribution in [3.63, 3.8) is 0 Å². The third kappa shape index (κ3) is 6.54. The van der Waals surface area contributed by atoms with E-state index >= 15 is 0 Å². The van der Waals surface area contributed by atoms with E-state index in [1.807, 2.05) is 0 Å². The molecule has 3 N–H and O–H groups in total. The SMILES string of the molecule is O=C(CC1CCCC1)c1cnc2c(O)cccn2c1=O.O=C(NC1CCCC1)c1cnc2c(O)cccn2c1=O.[Zn]. The molecule has 4 aromatic rings. The van der Waals surface area contributed by atoms with Crippen LogP contribution in [0.2, 0.25) is 0 Å². The van der Waals surface area contributed by atoms with Gasteiger partial charge in [-0.05, 0) is 43.0 Å². The van der Waals surface area contributed by atoms with Crippen molar-refractivity contribution in [2.45, 2.75) is 63.8 Å². The molecule has 6 rings (SSSR count).